The fraction of sp³-hybridized carbons (Fsp3) is 0.364. The van der Waals surface area contributed by atoms with E-state index in [4.69, 9.17) is 19.4 Å². The molecule has 0 unspecified atom stereocenters. The summed E-state index contributed by atoms with van der Waals surface area (Å²) in [7, 11) is 3.43. The van der Waals surface area contributed by atoms with E-state index in [9.17, 15) is 0 Å². The third-order valence-electron chi connectivity index (χ3n) is 5.37. The number of fused-ring (bicyclic) bond motifs is 1. The number of methoxy groups -OCH3 is 2. The topological polar surface area (TPSA) is 47.5 Å². The van der Waals surface area contributed by atoms with E-state index in [1.807, 2.05) is 43.3 Å². The SMILES string of the molecule is COc1ccc(OC)c([C@H]2CCN(Cc3nc4ccccc4nc3C)C2)c1. The van der Waals surface area contributed by atoms with Gasteiger partial charge in [0.05, 0.1) is 36.6 Å². The van der Waals surface area contributed by atoms with Gasteiger partial charge in [-0.2, -0.15) is 0 Å². The van der Waals surface area contributed by atoms with Crippen molar-refractivity contribution in [1.29, 1.82) is 0 Å². The summed E-state index contributed by atoms with van der Waals surface area (Å²) in [4.78, 5) is 12.0. The number of para-hydroxylation sites is 2. The first-order chi connectivity index (χ1) is 13.2. The molecule has 0 radical (unpaired) electrons. The summed E-state index contributed by atoms with van der Waals surface area (Å²) < 4.78 is 11.0. The van der Waals surface area contributed by atoms with Crippen molar-refractivity contribution in [3.05, 3.63) is 59.4 Å². The average Bonchev–Trinajstić information content (AvgIpc) is 3.16. The van der Waals surface area contributed by atoms with E-state index in [1.165, 1.54) is 5.56 Å². The Hall–Kier alpha value is -2.66. The van der Waals surface area contributed by atoms with Crippen molar-refractivity contribution >= 4 is 11.0 Å². The molecular weight excluding hydrogens is 338 g/mol. The fourth-order valence-electron chi connectivity index (χ4n) is 3.87. The zero-order chi connectivity index (χ0) is 18.8. The van der Waals surface area contributed by atoms with Gasteiger partial charge in [-0.25, -0.2) is 9.97 Å². The number of aryl methyl sites for hydroxylation is 1. The van der Waals surface area contributed by atoms with E-state index in [-0.39, 0.29) is 0 Å². The van der Waals surface area contributed by atoms with E-state index in [1.54, 1.807) is 14.2 Å². The standard InChI is InChI=1S/C22H25N3O2/c1-15-21(24-20-7-5-4-6-19(20)23-15)14-25-11-10-16(13-25)18-12-17(26-2)8-9-22(18)27-3/h4-9,12,16H,10-11,13-14H2,1-3H3/t16-/m0/s1. The van der Waals surface area contributed by atoms with Crippen molar-refractivity contribution in [2.45, 2.75) is 25.8 Å². The zero-order valence-electron chi connectivity index (χ0n) is 16.1. The van der Waals surface area contributed by atoms with Crippen molar-refractivity contribution in [1.82, 2.24) is 14.9 Å². The average molecular weight is 363 g/mol. The highest BCUT2D eigenvalue weighted by Gasteiger charge is 2.27. The minimum absolute atomic E-state index is 0.434. The van der Waals surface area contributed by atoms with Crippen LogP contribution in [0.1, 0.15) is 29.3 Å². The van der Waals surface area contributed by atoms with Crippen LogP contribution in [-0.4, -0.2) is 42.2 Å². The maximum absolute atomic E-state index is 5.58. The zero-order valence-corrected chi connectivity index (χ0v) is 16.1. The lowest BCUT2D eigenvalue weighted by atomic mass is 9.97. The Morgan fingerprint density at radius 3 is 2.56 bits per heavy atom. The largest absolute Gasteiger partial charge is 0.497 e. The van der Waals surface area contributed by atoms with Crippen molar-refractivity contribution in [3.8, 4) is 11.5 Å². The lowest BCUT2D eigenvalue weighted by Gasteiger charge is -2.18. The molecule has 2 heterocycles. The van der Waals surface area contributed by atoms with Crippen LogP contribution in [0.25, 0.3) is 11.0 Å². The summed E-state index contributed by atoms with van der Waals surface area (Å²) in [6.45, 7) is 4.90. The molecule has 0 saturated carbocycles. The summed E-state index contributed by atoms with van der Waals surface area (Å²) in [6, 6.07) is 14.1. The van der Waals surface area contributed by atoms with Crippen LogP contribution in [0.5, 0.6) is 11.5 Å². The third kappa shape index (κ3) is 3.60. The van der Waals surface area contributed by atoms with Gasteiger partial charge in [-0.05, 0) is 50.2 Å². The molecule has 1 aliphatic rings. The maximum Gasteiger partial charge on any atom is 0.122 e. The number of benzene rings is 2. The second-order valence-corrected chi connectivity index (χ2v) is 7.07. The molecule has 0 N–H and O–H groups in total. The molecule has 1 fully saturated rings. The van der Waals surface area contributed by atoms with E-state index in [0.717, 1.165) is 60.0 Å². The maximum atomic E-state index is 5.58. The summed E-state index contributed by atoms with van der Waals surface area (Å²) >= 11 is 0. The Balaban J connectivity index is 1.53. The molecule has 2 aromatic carbocycles. The molecule has 5 nitrogen and oxygen atoms in total. The van der Waals surface area contributed by atoms with Gasteiger partial charge in [0.1, 0.15) is 11.5 Å². The van der Waals surface area contributed by atoms with Crippen molar-refractivity contribution in [2.24, 2.45) is 0 Å². The van der Waals surface area contributed by atoms with Crippen LogP contribution in [0.15, 0.2) is 42.5 Å². The second kappa shape index (κ2) is 7.53. The third-order valence-corrected chi connectivity index (χ3v) is 5.37. The molecule has 27 heavy (non-hydrogen) atoms. The second-order valence-electron chi connectivity index (χ2n) is 7.07. The number of hydrogen-bond donors (Lipinski definition) is 0. The highest BCUT2D eigenvalue weighted by atomic mass is 16.5. The number of rotatable bonds is 5. The summed E-state index contributed by atoms with van der Waals surface area (Å²) in [5.41, 5.74) is 5.21. The van der Waals surface area contributed by atoms with E-state index < -0.39 is 0 Å². The van der Waals surface area contributed by atoms with Gasteiger partial charge in [0.25, 0.3) is 0 Å². The number of nitrogens with zero attached hydrogens (tertiary/aromatic N) is 3. The first kappa shape index (κ1) is 17.7. The van der Waals surface area contributed by atoms with Crippen LogP contribution in [0.4, 0.5) is 0 Å². The minimum atomic E-state index is 0.434. The molecule has 5 heteroatoms. The predicted molar refractivity (Wildman–Crippen MR) is 106 cm³/mol. The van der Waals surface area contributed by atoms with Crippen LogP contribution in [-0.2, 0) is 6.54 Å². The molecule has 0 aliphatic carbocycles. The minimum Gasteiger partial charge on any atom is -0.497 e. The lowest BCUT2D eigenvalue weighted by molar-refractivity contribution is 0.320. The monoisotopic (exact) mass is 363 g/mol. The van der Waals surface area contributed by atoms with Gasteiger partial charge in [-0.3, -0.25) is 4.90 Å². The van der Waals surface area contributed by atoms with E-state index in [0.29, 0.717) is 5.92 Å². The molecular formula is C22H25N3O2. The van der Waals surface area contributed by atoms with Gasteiger partial charge in [0.15, 0.2) is 0 Å². The molecule has 0 amide bonds. The molecule has 1 aromatic heterocycles. The van der Waals surface area contributed by atoms with Crippen LogP contribution in [0, 0.1) is 6.92 Å². The number of hydrogen-bond acceptors (Lipinski definition) is 5. The van der Waals surface area contributed by atoms with Gasteiger partial charge in [-0.15, -0.1) is 0 Å². The van der Waals surface area contributed by atoms with Gasteiger partial charge in [-0.1, -0.05) is 12.1 Å². The highest BCUT2D eigenvalue weighted by molar-refractivity contribution is 5.74. The van der Waals surface area contributed by atoms with Crippen molar-refractivity contribution < 1.29 is 9.47 Å². The molecule has 1 saturated heterocycles. The summed E-state index contributed by atoms with van der Waals surface area (Å²) in [5.74, 6) is 2.24. The first-order valence-corrected chi connectivity index (χ1v) is 9.34. The summed E-state index contributed by atoms with van der Waals surface area (Å²) in [5, 5.41) is 0. The summed E-state index contributed by atoms with van der Waals surface area (Å²) in [6.07, 6.45) is 1.10. The van der Waals surface area contributed by atoms with E-state index >= 15 is 0 Å². The molecule has 3 aromatic rings. The number of aromatic nitrogens is 2. The normalized spacial score (nSPS) is 17.4. The van der Waals surface area contributed by atoms with Gasteiger partial charge >= 0.3 is 0 Å². The quantitative estimate of drug-likeness (QED) is 0.687. The molecule has 0 bridgehead atoms. The van der Waals surface area contributed by atoms with Gasteiger partial charge in [0, 0.05) is 24.6 Å². The van der Waals surface area contributed by atoms with Crippen molar-refractivity contribution in [3.63, 3.8) is 0 Å². The Morgan fingerprint density at radius 1 is 1.04 bits per heavy atom. The molecule has 4 rings (SSSR count). The number of ether oxygens (including phenoxy) is 2. The predicted octanol–water partition coefficient (Wildman–Crippen LogP) is 3.94. The van der Waals surface area contributed by atoms with Crippen molar-refractivity contribution in [2.75, 3.05) is 27.3 Å². The van der Waals surface area contributed by atoms with Gasteiger partial charge < -0.3 is 9.47 Å². The number of likely N-dealkylation sites (tertiary alicyclic amines) is 1. The Morgan fingerprint density at radius 2 is 1.81 bits per heavy atom. The first-order valence-electron chi connectivity index (χ1n) is 9.34. The van der Waals surface area contributed by atoms with Crippen LogP contribution >= 0.6 is 0 Å². The Bertz CT molecular complexity index is 957. The smallest absolute Gasteiger partial charge is 0.122 e. The molecule has 1 aliphatic heterocycles. The fourth-order valence-corrected chi connectivity index (χ4v) is 3.87. The van der Waals surface area contributed by atoms with Crippen LogP contribution < -0.4 is 9.47 Å². The molecule has 140 valence electrons. The Kier molecular flexibility index (Phi) is 4.94. The van der Waals surface area contributed by atoms with Gasteiger partial charge in [0.2, 0.25) is 0 Å². The molecule has 0 spiro atoms. The van der Waals surface area contributed by atoms with Crippen LogP contribution in [0.3, 0.4) is 0 Å². The van der Waals surface area contributed by atoms with E-state index in [2.05, 4.69) is 11.0 Å². The highest BCUT2D eigenvalue weighted by Crippen LogP contribution is 2.36. The lowest BCUT2D eigenvalue weighted by Crippen LogP contribution is -2.21. The Labute approximate surface area is 160 Å². The van der Waals surface area contributed by atoms with Crippen LogP contribution in [0.2, 0.25) is 0 Å². The molecule has 1 atom stereocenters.